The molecule has 1 rings (SSSR count). The van der Waals surface area contributed by atoms with Crippen LogP contribution < -0.4 is 4.74 Å². The molecule has 0 fully saturated rings. The van der Waals surface area contributed by atoms with Crippen molar-refractivity contribution in [2.75, 3.05) is 6.61 Å². The van der Waals surface area contributed by atoms with Gasteiger partial charge in [0.1, 0.15) is 11.8 Å². The van der Waals surface area contributed by atoms with Gasteiger partial charge in [-0.05, 0) is 24.8 Å². The minimum Gasteiger partial charge on any atom is -0.463 e. The van der Waals surface area contributed by atoms with E-state index in [1.54, 1.807) is 6.07 Å². The van der Waals surface area contributed by atoms with E-state index < -0.39 is 0 Å². The second-order valence-electron chi connectivity index (χ2n) is 4.95. The van der Waals surface area contributed by atoms with Gasteiger partial charge in [0.25, 0.3) is 0 Å². The maximum atomic E-state index is 8.75. The molecule has 0 atom stereocenters. The maximum Gasteiger partial charge on any atom is 0.317 e. The summed E-state index contributed by atoms with van der Waals surface area (Å²) < 4.78 is 5.43. The summed E-state index contributed by atoms with van der Waals surface area (Å²) >= 11 is 0. The Balaban J connectivity index is 2.61. The van der Waals surface area contributed by atoms with Crippen molar-refractivity contribution >= 4 is 0 Å². The van der Waals surface area contributed by atoms with Crippen molar-refractivity contribution in [3.63, 3.8) is 0 Å². The van der Waals surface area contributed by atoms with Crippen molar-refractivity contribution < 1.29 is 4.74 Å². The molecule has 0 aliphatic carbocycles. The van der Waals surface area contributed by atoms with Crippen molar-refractivity contribution in [3.8, 4) is 12.1 Å². The summed E-state index contributed by atoms with van der Waals surface area (Å²) in [5.41, 5.74) is 1.32. The van der Waals surface area contributed by atoms with E-state index in [4.69, 9.17) is 10.00 Å². The van der Waals surface area contributed by atoms with Crippen LogP contribution in [0.1, 0.15) is 38.6 Å². The van der Waals surface area contributed by atoms with Crippen LogP contribution >= 0.6 is 0 Å². The highest BCUT2D eigenvalue weighted by atomic mass is 16.5. The van der Waals surface area contributed by atoms with E-state index in [-0.39, 0.29) is 5.41 Å². The van der Waals surface area contributed by atoms with Crippen LogP contribution in [0.2, 0.25) is 0 Å². The van der Waals surface area contributed by atoms with Crippen LogP contribution in [0, 0.1) is 23.7 Å². The average molecular weight is 219 g/mol. The largest absolute Gasteiger partial charge is 0.463 e. The first-order valence-electron chi connectivity index (χ1n) is 5.29. The Kier molecular flexibility index (Phi) is 3.83. The highest BCUT2D eigenvalue weighted by Gasteiger charge is 2.11. The Hall–Kier alpha value is -1.63. The Labute approximate surface area is 96.3 Å². The zero-order chi connectivity index (χ0) is 12.2. The summed E-state index contributed by atoms with van der Waals surface area (Å²) in [7, 11) is 0. The summed E-state index contributed by atoms with van der Waals surface area (Å²) in [5, 5.41) is 8.75. The minimum atomic E-state index is 0.224. The first-order chi connectivity index (χ1) is 7.40. The van der Waals surface area contributed by atoms with Gasteiger partial charge in [0.05, 0.1) is 6.61 Å². The van der Waals surface area contributed by atoms with Gasteiger partial charge >= 0.3 is 6.01 Å². The van der Waals surface area contributed by atoms with E-state index in [1.165, 1.54) is 0 Å². The van der Waals surface area contributed by atoms with Gasteiger partial charge in [0, 0.05) is 5.69 Å². The maximum absolute atomic E-state index is 8.75. The van der Waals surface area contributed by atoms with Gasteiger partial charge in [0.2, 0.25) is 0 Å². The molecule has 16 heavy (non-hydrogen) atoms. The number of nitriles is 1. The predicted molar refractivity (Wildman–Crippen MR) is 61.1 cm³/mol. The highest BCUT2D eigenvalue weighted by molar-refractivity contribution is 5.23. The summed E-state index contributed by atoms with van der Waals surface area (Å²) in [4.78, 5) is 8.09. The molecule has 0 N–H and O–H groups in total. The molecule has 0 aliphatic rings. The molecule has 0 amide bonds. The third-order valence-corrected chi connectivity index (χ3v) is 2.03. The zero-order valence-corrected chi connectivity index (χ0v) is 10.2. The first-order valence-corrected chi connectivity index (χ1v) is 5.29. The lowest BCUT2D eigenvalue weighted by Crippen LogP contribution is -2.12. The van der Waals surface area contributed by atoms with Gasteiger partial charge in [-0.2, -0.15) is 10.2 Å². The van der Waals surface area contributed by atoms with Crippen molar-refractivity contribution in [2.24, 2.45) is 5.41 Å². The van der Waals surface area contributed by atoms with E-state index in [2.05, 4.69) is 30.7 Å². The van der Waals surface area contributed by atoms with Crippen LogP contribution in [0.15, 0.2) is 6.07 Å². The van der Waals surface area contributed by atoms with Crippen molar-refractivity contribution in [3.05, 3.63) is 17.5 Å². The van der Waals surface area contributed by atoms with Crippen LogP contribution in [0.4, 0.5) is 0 Å². The number of rotatable bonds is 3. The second kappa shape index (κ2) is 4.93. The fraction of sp³-hybridized carbons (Fsp3) is 0.583. The van der Waals surface area contributed by atoms with Crippen LogP contribution in [0.3, 0.4) is 0 Å². The lowest BCUT2D eigenvalue weighted by Gasteiger charge is -2.17. The molecule has 1 aromatic heterocycles. The van der Waals surface area contributed by atoms with Crippen LogP contribution in [-0.2, 0) is 0 Å². The van der Waals surface area contributed by atoms with Crippen molar-refractivity contribution in [1.82, 2.24) is 9.97 Å². The van der Waals surface area contributed by atoms with Crippen LogP contribution in [0.25, 0.3) is 0 Å². The SMILES string of the molecule is Cc1cc(C#N)nc(OCCC(C)(C)C)n1. The number of hydrogen-bond donors (Lipinski definition) is 0. The van der Waals surface area contributed by atoms with Crippen LogP contribution in [0.5, 0.6) is 6.01 Å². The van der Waals surface area contributed by atoms with Gasteiger partial charge < -0.3 is 4.74 Å². The Morgan fingerprint density at radius 1 is 1.38 bits per heavy atom. The number of nitrogens with zero attached hydrogens (tertiary/aromatic N) is 3. The van der Waals surface area contributed by atoms with E-state index in [9.17, 15) is 0 Å². The smallest absolute Gasteiger partial charge is 0.317 e. The Morgan fingerprint density at radius 3 is 2.62 bits per heavy atom. The molecule has 0 radical (unpaired) electrons. The third kappa shape index (κ3) is 4.26. The summed E-state index contributed by atoms with van der Waals surface area (Å²) in [5.74, 6) is 0. The molecule has 0 spiro atoms. The summed E-state index contributed by atoms with van der Waals surface area (Å²) in [6.45, 7) is 8.83. The Morgan fingerprint density at radius 2 is 2.06 bits per heavy atom. The van der Waals surface area contributed by atoms with Gasteiger partial charge in [0.15, 0.2) is 0 Å². The van der Waals surface area contributed by atoms with Gasteiger partial charge in [-0.3, -0.25) is 0 Å². The quantitative estimate of drug-likeness (QED) is 0.783. The van der Waals surface area contributed by atoms with E-state index >= 15 is 0 Å². The molecular formula is C12H17N3O. The molecule has 1 heterocycles. The fourth-order valence-electron chi connectivity index (χ4n) is 1.11. The second-order valence-corrected chi connectivity index (χ2v) is 4.95. The van der Waals surface area contributed by atoms with E-state index in [0.29, 0.717) is 18.3 Å². The molecule has 86 valence electrons. The topological polar surface area (TPSA) is 58.8 Å². The number of aromatic nitrogens is 2. The summed E-state index contributed by atoms with van der Waals surface area (Å²) in [6.07, 6.45) is 0.923. The van der Waals surface area contributed by atoms with E-state index in [0.717, 1.165) is 12.1 Å². The van der Waals surface area contributed by atoms with Crippen molar-refractivity contribution in [2.45, 2.75) is 34.1 Å². The lowest BCUT2D eigenvalue weighted by molar-refractivity contribution is 0.228. The standard InChI is InChI=1S/C12H17N3O/c1-9-7-10(8-13)15-11(14-9)16-6-5-12(2,3)4/h7H,5-6H2,1-4H3. The molecule has 0 saturated carbocycles. The lowest BCUT2D eigenvalue weighted by atomic mass is 9.93. The predicted octanol–water partition coefficient (Wildman–Crippen LogP) is 2.47. The molecule has 0 aromatic carbocycles. The molecule has 0 saturated heterocycles. The first kappa shape index (κ1) is 12.4. The summed E-state index contributed by atoms with van der Waals surface area (Å²) in [6, 6.07) is 3.91. The minimum absolute atomic E-state index is 0.224. The molecule has 0 aliphatic heterocycles. The number of ether oxygens (including phenoxy) is 1. The fourth-order valence-corrected chi connectivity index (χ4v) is 1.11. The molecular weight excluding hydrogens is 202 g/mol. The zero-order valence-electron chi connectivity index (χ0n) is 10.2. The normalized spacial score (nSPS) is 10.9. The average Bonchev–Trinajstić information content (AvgIpc) is 2.14. The van der Waals surface area contributed by atoms with Crippen molar-refractivity contribution in [1.29, 1.82) is 5.26 Å². The monoisotopic (exact) mass is 219 g/mol. The molecule has 0 bridgehead atoms. The highest BCUT2D eigenvalue weighted by Crippen LogP contribution is 2.18. The molecule has 4 nitrogen and oxygen atoms in total. The Bertz CT molecular complexity index is 402. The van der Waals surface area contributed by atoms with Gasteiger partial charge in [-0.15, -0.1) is 0 Å². The van der Waals surface area contributed by atoms with Crippen LogP contribution in [-0.4, -0.2) is 16.6 Å². The van der Waals surface area contributed by atoms with Gasteiger partial charge in [-0.25, -0.2) is 4.98 Å². The number of hydrogen-bond acceptors (Lipinski definition) is 4. The molecule has 1 aromatic rings. The number of aryl methyl sites for hydroxylation is 1. The third-order valence-electron chi connectivity index (χ3n) is 2.03. The molecule has 4 heteroatoms. The van der Waals surface area contributed by atoms with E-state index in [1.807, 2.05) is 13.0 Å². The van der Waals surface area contributed by atoms with Gasteiger partial charge in [-0.1, -0.05) is 20.8 Å². The molecule has 0 unspecified atom stereocenters.